The molecule has 5 heteroatoms. The lowest BCUT2D eigenvalue weighted by Gasteiger charge is -2.17. The monoisotopic (exact) mass is 260 g/mol. The van der Waals surface area contributed by atoms with Crippen LogP contribution in [0, 0.1) is 5.92 Å². The minimum absolute atomic E-state index is 0.0792. The van der Waals surface area contributed by atoms with Crippen LogP contribution < -0.4 is 5.32 Å². The maximum absolute atomic E-state index is 11.9. The highest BCUT2D eigenvalue weighted by Crippen LogP contribution is 2.18. The summed E-state index contributed by atoms with van der Waals surface area (Å²) >= 11 is 11.6. The molecule has 1 rings (SSSR count). The van der Waals surface area contributed by atoms with Crippen LogP contribution in [0.1, 0.15) is 31.1 Å². The number of hydrogen-bond acceptors (Lipinski definition) is 2. The number of halogens is 2. The quantitative estimate of drug-likeness (QED) is 0.849. The molecule has 1 aromatic heterocycles. The van der Waals surface area contributed by atoms with Gasteiger partial charge in [-0.3, -0.25) is 4.79 Å². The Bertz CT molecular complexity index is 394. The van der Waals surface area contributed by atoms with Crippen LogP contribution in [0.4, 0.5) is 0 Å². The lowest BCUT2D eigenvalue weighted by molar-refractivity contribution is 0.0930. The maximum atomic E-state index is 11.9. The van der Waals surface area contributed by atoms with Crippen molar-refractivity contribution >= 4 is 29.1 Å². The smallest absolute Gasteiger partial charge is 0.253 e. The van der Waals surface area contributed by atoms with Gasteiger partial charge in [0.15, 0.2) is 0 Å². The third kappa shape index (κ3) is 3.35. The van der Waals surface area contributed by atoms with Crippen LogP contribution in [-0.2, 0) is 0 Å². The minimum Gasteiger partial charge on any atom is -0.349 e. The number of amides is 1. The molecule has 88 valence electrons. The average Bonchev–Trinajstić information content (AvgIpc) is 2.21. The number of nitrogens with zero attached hydrogens (tertiary/aromatic N) is 1. The summed E-state index contributed by atoms with van der Waals surface area (Å²) in [7, 11) is 0. The van der Waals surface area contributed by atoms with Crippen molar-refractivity contribution in [2.24, 2.45) is 5.92 Å². The number of rotatable bonds is 3. The zero-order valence-electron chi connectivity index (χ0n) is 9.42. The first kappa shape index (κ1) is 13.3. The van der Waals surface area contributed by atoms with Crippen molar-refractivity contribution < 1.29 is 4.79 Å². The van der Waals surface area contributed by atoms with Crippen LogP contribution in [0.15, 0.2) is 12.3 Å². The minimum atomic E-state index is -0.226. The van der Waals surface area contributed by atoms with Crippen molar-refractivity contribution in [1.29, 1.82) is 0 Å². The molecule has 1 heterocycles. The van der Waals surface area contributed by atoms with E-state index >= 15 is 0 Å². The molecular formula is C11H14Cl2N2O. The molecule has 1 N–H and O–H groups in total. The normalized spacial score (nSPS) is 12.6. The van der Waals surface area contributed by atoms with Gasteiger partial charge < -0.3 is 5.32 Å². The first-order valence-corrected chi connectivity index (χ1v) is 5.79. The van der Waals surface area contributed by atoms with Crippen LogP contribution in [0.3, 0.4) is 0 Å². The fourth-order valence-corrected chi connectivity index (χ4v) is 1.39. The first-order valence-electron chi connectivity index (χ1n) is 5.03. The highest BCUT2D eigenvalue weighted by molar-refractivity contribution is 6.35. The van der Waals surface area contributed by atoms with Crippen LogP contribution in [0.2, 0.25) is 10.2 Å². The molecule has 3 nitrogen and oxygen atoms in total. The van der Waals surface area contributed by atoms with Gasteiger partial charge in [-0.05, 0) is 18.9 Å². The Balaban J connectivity index is 2.84. The van der Waals surface area contributed by atoms with Crippen molar-refractivity contribution in [2.45, 2.75) is 26.8 Å². The summed E-state index contributed by atoms with van der Waals surface area (Å²) in [6.07, 6.45) is 1.37. The first-order chi connectivity index (χ1) is 7.41. The summed E-state index contributed by atoms with van der Waals surface area (Å²) in [5.41, 5.74) is 0.356. The zero-order valence-corrected chi connectivity index (χ0v) is 10.9. The molecule has 0 saturated heterocycles. The molecule has 0 fully saturated rings. The topological polar surface area (TPSA) is 42.0 Å². The summed E-state index contributed by atoms with van der Waals surface area (Å²) in [5, 5.41) is 3.41. The predicted octanol–water partition coefficient (Wildman–Crippen LogP) is 3.16. The molecule has 1 unspecified atom stereocenters. The van der Waals surface area contributed by atoms with E-state index in [4.69, 9.17) is 23.2 Å². The van der Waals surface area contributed by atoms with Gasteiger partial charge in [-0.15, -0.1) is 0 Å². The van der Waals surface area contributed by atoms with E-state index in [9.17, 15) is 4.79 Å². The number of aromatic nitrogens is 1. The van der Waals surface area contributed by atoms with Crippen LogP contribution in [0.5, 0.6) is 0 Å². The molecule has 0 bridgehead atoms. The molecule has 1 atom stereocenters. The highest BCUT2D eigenvalue weighted by atomic mass is 35.5. The Morgan fingerprint density at radius 1 is 1.38 bits per heavy atom. The Morgan fingerprint density at radius 3 is 2.56 bits per heavy atom. The molecule has 1 aromatic rings. The third-order valence-electron chi connectivity index (χ3n) is 2.43. The molecule has 0 saturated carbocycles. The van der Waals surface area contributed by atoms with Gasteiger partial charge in [0.1, 0.15) is 5.15 Å². The summed E-state index contributed by atoms with van der Waals surface area (Å²) < 4.78 is 0. The number of hydrogen-bond donors (Lipinski definition) is 1. The van der Waals surface area contributed by atoms with Crippen LogP contribution >= 0.6 is 23.2 Å². The van der Waals surface area contributed by atoms with Crippen molar-refractivity contribution in [1.82, 2.24) is 10.3 Å². The van der Waals surface area contributed by atoms with Crippen LogP contribution in [-0.4, -0.2) is 16.9 Å². The second-order valence-corrected chi connectivity index (χ2v) is 4.79. The van der Waals surface area contributed by atoms with Crippen molar-refractivity contribution in [3.63, 3.8) is 0 Å². The van der Waals surface area contributed by atoms with E-state index in [2.05, 4.69) is 10.3 Å². The van der Waals surface area contributed by atoms with Crippen molar-refractivity contribution in [2.75, 3.05) is 0 Å². The highest BCUT2D eigenvalue weighted by Gasteiger charge is 2.15. The van der Waals surface area contributed by atoms with Gasteiger partial charge in [0.05, 0.1) is 10.6 Å². The molecular weight excluding hydrogens is 247 g/mol. The predicted molar refractivity (Wildman–Crippen MR) is 66.0 cm³/mol. The molecule has 0 radical (unpaired) electrons. The van der Waals surface area contributed by atoms with E-state index in [0.29, 0.717) is 16.5 Å². The molecule has 16 heavy (non-hydrogen) atoms. The summed E-state index contributed by atoms with van der Waals surface area (Å²) in [5.74, 6) is 0.135. The fourth-order valence-electron chi connectivity index (χ4n) is 1.04. The van der Waals surface area contributed by atoms with Crippen molar-refractivity contribution in [3.8, 4) is 0 Å². The Morgan fingerprint density at radius 2 is 2.00 bits per heavy atom. The lowest BCUT2D eigenvalue weighted by Crippen LogP contribution is -2.36. The molecule has 0 spiro atoms. The standard InChI is InChI=1S/C11H14Cl2N2O/c1-6(2)7(3)15-11(16)8-4-10(13)14-5-9(8)12/h4-7H,1-3H3,(H,15,16). The number of nitrogens with one attached hydrogen (secondary N) is 1. The Hall–Kier alpha value is -0.800. The maximum Gasteiger partial charge on any atom is 0.253 e. The second kappa shape index (κ2) is 5.51. The van der Waals surface area contributed by atoms with Gasteiger partial charge in [0, 0.05) is 12.2 Å². The summed E-state index contributed by atoms with van der Waals surface area (Å²) in [6.45, 7) is 6.01. The Labute approximate surface area is 105 Å². The van der Waals surface area contributed by atoms with Gasteiger partial charge in [0.2, 0.25) is 0 Å². The summed E-state index contributed by atoms with van der Waals surface area (Å²) in [6, 6.07) is 1.54. The zero-order chi connectivity index (χ0) is 12.3. The van der Waals surface area contributed by atoms with E-state index in [1.54, 1.807) is 0 Å². The lowest BCUT2D eigenvalue weighted by atomic mass is 10.1. The van der Waals surface area contributed by atoms with E-state index in [1.165, 1.54) is 12.3 Å². The van der Waals surface area contributed by atoms with E-state index < -0.39 is 0 Å². The molecule has 0 aliphatic heterocycles. The number of pyridine rings is 1. The second-order valence-electron chi connectivity index (χ2n) is 3.99. The molecule has 0 aliphatic carbocycles. The fraction of sp³-hybridized carbons (Fsp3) is 0.455. The number of carbonyl (C=O) groups excluding carboxylic acids is 1. The molecule has 0 aromatic carbocycles. The third-order valence-corrected chi connectivity index (χ3v) is 2.93. The van der Waals surface area contributed by atoms with E-state index in [-0.39, 0.29) is 17.1 Å². The number of carbonyl (C=O) groups is 1. The van der Waals surface area contributed by atoms with E-state index in [1.807, 2.05) is 20.8 Å². The Kier molecular flexibility index (Phi) is 4.56. The average molecular weight is 261 g/mol. The van der Waals surface area contributed by atoms with E-state index in [0.717, 1.165) is 0 Å². The SMILES string of the molecule is CC(C)C(C)NC(=O)c1cc(Cl)ncc1Cl. The van der Waals surface area contributed by atoms with Gasteiger partial charge in [0.25, 0.3) is 5.91 Å². The largest absolute Gasteiger partial charge is 0.349 e. The molecule has 0 aliphatic rings. The van der Waals surface area contributed by atoms with Gasteiger partial charge in [-0.2, -0.15) is 0 Å². The van der Waals surface area contributed by atoms with Gasteiger partial charge in [-0.25, -0.2) is 4.98 Å². The van der Waals surface area contributed by atoms with Gasteiger partial charge >= 0.3 is 0 Å². The van der Waals surface area contributed by atoms with Crippen molar-refractivity contribution in [3.05, 3.63) is 28.0 Å². The van der Waals surface area contributed by atoms with Gasteiger partial charge in [-0.1, -0.05) is 37.0 Å². The van der Waals surface area contributed by atoms with Crippen LogP contribution in [0.25, 0.3) is 0 Å². The summed E-state index contributed by atoms with van der Waals surface area (Å²) in [4.78, 5) is 15.6. The molecule has 1 amide bonds.